The van der Waals surface area contributed by atoms with Gasteiger partial charge in [0, 0.05) is 24.7 Å². The van der Waals surface area contributed by atoms with Crippen molar-refractivity contribution in [3.05, 3.63) is 40.8 Å². The molecule has 0 saturated carbocycles. The largest absolute Gasteiger partial charge is 0.417 e. The first-order chi connectivity index (χ1) is 10.3. The fourth-order valence-electron chi connectivity index (χ4n) is 1.58. The van der Waals surface area contributed by atoms with E-state index >= 15 is 0 Å². The Labute approximate surface area is 133 Å². The predicted molar refractivity (Wildman–Crippen MR) is 77.6 cm³/mol. The molecule has 0 fully saturated rings. The predicted octanol–water partition coefficient (Wildman–Crippen LogP) is 2.60. The van der Waals surface area contributed by atoms with Crippen LogP contribution in [0.2, 0.25) is 5.02 Å². The van der Waals surface area contributed by atoms with Gasteiger partial charge in [-0.1, -0.05) is 11.6 Å². The van der Waals surface area contributed by atoms with E-state index in [0.29, 0.717) is 18.5 Å². The van der Waals surface area contributed by atoms with E-state index in [2.05, 4.69) is 28.0 Å². The number of hydrogen-bond donors (Lipinski definition) is 2. The molecule has 2 heterocycles. The first-order valence-corrected chi connectivity index (χ1v) is 7.02. The quantitative estimate of drug-likeness (QED) is 0.833. The molecule has 0 atom stereocenters. The number of alkyl halides is 3. The number of pyridine rings is 1. The Bertz CT molecular complexity index is 689. The van der Waals surface area contributed by atoms with Crippen LogP contribution in [0.15, 0.2) is 24.5 Å². The van der Waals surface area contributed by atoms with Gasteiger partial charge in [0.1, 0.15) is 0 Å². The Kier molecular flexibility index (Phi) is 4.97. The van der Waals surface area contributed by atoms with E-state index in [0.717, 1.165) is 10.7 Å². The van der Waals surface area contributed by atoms with Crippen LogP contribution in [0.1, 0.15) is 16.1 Å². The Morgan fingerprint density at radius 1 is 1.45 bits per heavy atom. The molecule has 0 aliphatic rings. The second-order valence-corrected chi connectivity index (χ2v) is 5.01. The van der Waals surface area contributed by atoms with Gasteiger partial charge in [0.05, 0.1) is 10.6 Å². The van der Waals surface area contributed by atoms with E-state index in [-0.39, 0.29) is 16.5 Å². The maximum Gasteiger partial charge on any atom is 0.417 e. The van der Waals surface area contributed by atoms with Crippen molar-refractivity contribution in [2.45, 2.75) is 6.18 Å². The lowest BCUT2D eigenvalue weighted by Crippen LogP contribution is -2.25. The summed E-state index contributed by atoms with van der Waals surface area (Å²) in [5.41, 5.74) is -0.861. The number of carbonyl (C=O) groups is 1. The molecule has 1 N–H and O–H groups in total. The number of amides is 1. The van der Waals surface area contributed by atoms with E-state index in [1.807, 2.05) is 0 Å². The second-order valence-electron chi connectivity index (χ2n) is 4.15. The van der Waals surface area contributed by atoms with Gasteiger partial charge in [-0.25, -0.2) is 9.67 Å². The third-order valence-electron chi connectivity index (χ3n) is 2.59. The molecule has 0 spiro atoms. The molecule has 2 aromatic heterocycles. The first-order valence-electron chi connectivity index (χ1n) is 6.01. The lowest BCUT2D eigenvalue weighted by atomic mass is 10.3. The van der Waals surface area contributed by atoms with Crippen LogP contribution in [0.4, 0.5) is 13.2 Å². The van der Waals surface area contributed by atoms with Crippen molar-refractivity contribution in [1.29, 1.82) is 0 Å². The van der Waals surface area contributed by atoms with Crippen LogP contribution in [0.5, 0.6) is 0 Å². The second kappa shape index (κ2) is 6.57. The molecule has 0 aromatic carbocycles. The first kappa shape index (κ1) is 16.6. The van der Waals surface area contributed by atoms with Crippen molar-refractivity contribution in [1.82, 2.24) is 20.1 Å². The molecular weight excluding hydrogens is 341 g/mol. The highest BCUT2D eigenvalue weighted by Crippen LogP contribution is 2.31. The standard InChI is InChI=1S/C12H10ClF3N4OS/c13-8-5-7(12(14,15)16)6-18-10(8)20-3-1-9(19-20)11(21)17-2-4-22/h1,3,5-6,22H,2,4H2,(H,17,21). The van der Waals surface area contributed by atoms with Crippen molar-refractivity contribution in [2.24, 2.45) is 0 Å². The number of rotatable bonds is 4. The average Bonchev–Trinajstić information content (AvgIpc) is 2.93. The van der Waals surface area contributed by atoms with Crippen LogP contribution >= 0.6 is 24.2 Å². The topological polar surface area (TPSA) is 59.8 Å². The van der Waals surface area contributed by atoms with Crippen LogP contribution in [0.3, 0.4) is 0 Å². The van der Waals surface area contributed by atoms with Crippen LogP contribution in [-0.2, 0) is 6.18 Å². The molecule has 0 aliphatic carbocycles. The van der Waals surface area contributed by atoms with E-state index < -0.39 is 17.6 Å². The van der Waals surface area contributed by atoms with Crippen molar-refractivity contribution < 1.29 is 18.0 Å². The number of nitrogens with one attached hydrogen (secondary N) is 1. The third kappa shape index (κ3) is 3.72. The molecule has 0 saturated heterocycles. The van der Waals surface area contributed by atoms with Crippen molar-refractivity contribution in [3.8, 4) is 5.82 Å². The maximum absolute atomic E-state index is 12.6. The zero-order valence-electron chi connectivity index (χ0n) is 10.9. The van der Waals surface area contributed by atoms with E-state index in [9.17, 15) is 18.0 Å². The molecule has 2 rings (SSSR count). The van der Waals surface area contributed by atoms with Crippen LogP contribution < -0.4 is 5.32 Å². The van der Waals surface area contributed by atoms with E-state index in [4.69, 9.17) is 11.6 Å². The van der Waals surface area contributed by atoms with Gasteiger partial charge in [0.25, 0.3) is 5.91 Å². The molecule has 1 amide bonds. The third-order valence-corrected chi connectivity index (χ3v) is 3.09. The minimum Gasteiger partial charge on any atom is -0.350 e. The highest BCUT2D eigenvalue weighted by atomic mass is 35.5. The number of thiol groups is 1. The number of aromatic nitrogens is 3. The number of halogens is 4. The summed E-state index contributed by atoms with van der Waals surface area (Å²) in [5, 5.41) is 6.28. The summed E-state index contributed by atoms with van der Waals surface area (Å²) in [5.74, 6) is 0.0531. The summed E-state index contributed by atoms with van der Waals surface area (Å²) < 4.78 is 38.8. The molecule has 118 valence electrons. The smallest absolute Gasteiger partial charge is 0.350 e. The Morgan fingerprint density at radius 3 is 2.77 bits per heavy atom. The fraction of sp³-hybridized carbons (Fsp3) is 0.250. The fourth-order valence-corrected chi connectivity index (χ4v) is 1.94. The molecule has 0 radical (unpaired) electrons. The van der Waals surface area contributed by atoms with Gasteiger partial charge < -0.3 is 5.32 Å². The molecule has 2 aromatic rings. The summed E-state index contributed by atoms with van der Waals surface area (Å²) in [6, 6.07) is 2.16. The average molecular weight is 351 g/mol. The summed E-state index contributed by atoms with van der Waals surface area (Å²) in [6.07, 6.45) is -2.49. The van der Waals surface area contributed by atoms with Crippen molar-refractivity contribution in [2.75, 3.05) is 12.3 Å². The minimum absolute atomic E-state index is 0.00270. The number of carbonyl (C=O) groups excluding carboxylic acids is 1. The SMILES string of the molecule is O=C(NCCS)c1ccn(-c2ncc(C(F)(F)F)cc2Cl)n1. The van der Waals surface area contributed by atoms with Gasteiger partial charge in [-0.2, -0.15) is 30.9 Å². The van der Waals surface area contributed by atoms with Crippen molar-refractivity contribution >= 4 is 30.1 Å². The molecule has 0 bridgehead atoms. The normalized spacial score (nSPS) is 11.5. The van der Waals surface area contributed by atoms with Crippen molar-refractivity contribution in [3.63, 3.8) is 0 Å². The molecule has 0 aliphatic heterocycles. The molecule has 5 nitrogen and oxygen atoms in total. The zero-order valence-corrected chi connectivity index (χ0v) is 12.6. The van der Waals surface area contributed by atoms with Gasteiger partial charge in [-0.15, -0.1) is 0 Å². The van der Waals surface area contributed by atoms with Crippen LogP contribution in [-0.4, -0.2) is 33.0 Å². The zero-order chi connectivity index (χ0) is 16.3. The Balaban J connectivity index is 2.26. The summed E-state index contributed by atoms with van der Waals surface area (Å²) in [7, 11) is 0. The summed E-state index contributed by atoms with van der Waals surface area (Å²) in [6.45, 7) is 0.369. The lowest BCUT2D eigenvalue weighted by molar-refractivity contribution is -0.137. The van der Waals surface area contributed by atoms with Crippen LogP contribution in [0.25, 0.3) is 5.82 Å². The minimum atomic E-state index is -4.53. The summed E-state index contributed by atoms with van der Waals surface area (Å²) >= 11 is 9.77. The van der Waals surface area contributed by atoms with E-state index in [1.54, 1.807) is 0 Å². The molecule has 0 unspecified atom stereocenters. The van der Waals surface area contributed by atoms with E-state index in [1.165, 1.54) is 12.3 Å². The van der Waals surface area contributed by atoms with Gasteiger partial charge in [-0.3, -0.25) is 4.79 Å². The monoisotopic (exact) mass is 350 g/mol. The lowest BCUT2D eigenvalue weighted by Gasteiger charge is -2.08. The van der Waals surface area contributed by atoms with Crippen LogP contribution in [0, 0.1) is 0 Å². The maximum atomic E-state index is 12.6. The Hall–Kier alpha value is -1.74. The molecule has 10 heteroatoms. The van der Waals surface area contributed by atoms with Gasteiger partial charge in [0.15, 0.2) is 11.5 Å². The molecule has 22 heavy (non-hydrogen) atoms. The van der Waals surface area contributed by atoms with Gasteiger partial charge >= 0.3 is 6.18 Å². The summed E-state index contributed by atoms with van der Waals surface area (Å²) in [4.78, 5) is 15.4. The highest BCUT2D eigenvalue weighted by molar-refractivity contribution is 7.80. The highest BCUT2D eigenvalue weighted by Gasteiger charge is 2.31. The molecular formula is C12H10ClF3N4OS. The van der Waals surface area contributed by atoms with Gasteiger partial charge in [0.2, 0.25) is 0 Å². The van der Waals surface area contributed by atoms with Gasteiger partial charge in [-0.05, 0) is 12.1 Å². The Morgan fingerprint density at radius 2 is 2.18 bits per heavy atom. The number of nitrogens with zero attached hydrogens (tertiary/aromatic N) is 3. The number of hydrogen-bond acceptors (Lipinski definition) is 4.